The van der Waals surface area contributed by atoms with E-state index in [0.717, 1.165) is 29.9 Å². The van der Waals surface area contributed by atoms with Crippen molar-refractivity contribution in [2.75, 3.05) is 32.8 Å². The number of hydrazone groups is 1. The number of hydrogen-bond acceptors (Lipinski definition) is 6. The van der Waals surface area contributed by atoms with Crippen molar-refractivity contribution in [2.24, 2.45) is 5.10 Å². The van der Waals surface area contributed by atoms with Crippen molar-refractivity contribution in [1.82, 2.24) is 9.91 Å². The Bertz CT molecular complexity index is 800. The molecule has 136 valence electrons. The van der Waals surface area contributed by atoms with Crippen molar-refractivity contribution < 1.29 is 14.6 Å². The first-order valence-corrected chi connectivity index (χ1v) is 9.67. The van der Waals surface area contributed by atoms with E-state index in [1.54, 1.807) is 28.5 Å². The van der Waals surface area contributed by atoms with Crippen LogP contribution in [0.5, 0.6) is 5.75 Å². The number of para-hydroxylation sites is 1. The van der Waals surface area contributed by atoms with Gasteiger partial charge in [-0.2, -0.15) is 16.4 Å². The molecule has 0 bridgehead atoms. The second kappa shape index (κ2) is 7.57. The number of benzene rings is 1. The molecule has 7 heteroatoms. The topological polar surface area (TPSA) is 65.4 Å². The molecular formula is C19H21N3O3S. The van der Waals surface area contributed by atoms with Gasteiger partial charge in [-0.25, -0.2) is 5.01 Å². The van der Waals surface area contributed by atoms with Crippen LogP contribution >= 0.6 is 11.3 Å². The molecule has 1 aromatic heterocycles. The SMILES string of the molecule is O=C(CN1CCOCC1)N1N=C(c2ccsc2)CC1c1ccccc1O. The first-order valence-electron chi connectivity index (χ1n) is 8.72. The van der Waals surface area contributed by atoms with Crippen LogP contribution < -0.4 is 0 Å². The van der Waals surface area contributed by atoms with Crippen LogP contribution in [0.25, 0.3) is 0 Å². The summed E-state index contributed by atoms with van der Waals surface area (Å²) in [5.74, 6) is 0.147. The molecule has 0 aliphatic carbocycles. The summed E-state index contributed by atoms with van der Waals surface area (Å²) in [5, 5.41) is 20.5. The minimum absolute atomic E-state index is 0.0506. The van der Waals surface area contributed by atoms with Crippen molar-refractivity contribution in [3.63, 3.8) is 0 Å². The molecule has 1 N–H and O–H groups in total. The second-order valence-electron chi connectivity index (χ2n) is 6.46. The van der Waals surface area contributed by atoms with Crippen LogP contribution in [0.1, 0.15) is 23.6 Å². The van der Waals surface area contributed by atoms with Gasteiger partial charge in [-0.15, -0.1) is 0 Å². The number of hydrogen-bond donors (Lipinski definition) is 1. The van der Waals surface area contributed by atoms with Gasteiger partial charge < -0.3 is 9.84 Å². The molecule has 0 spiro atoms. The van der Waals surface area contributed by atoms with Gasteiger partial charge in [0.2, 0.25) is 0 Å². The molecule has 1 amide bonds. The van der Waals surface area contributed by atoms with Crippen LogP contribution in [0.3, 0.4) is 0 Å². The summed E-state index contributed by atoms with van der Waals surface area (Å²) in [5.41, 5.74) is 2.66. The quantitative estimate of drug-likeness (QED) is 0.897. The number of ether oxygens (including phenoxy) is 1. The third-order valence-corrected chi connectivity index (χ3v) is 5.46. The number of nitrogens with zero attached hydrogens (tertiary/aromatic N) is 3. The first kappa shape index (κ1) is 17.2. The molecule has 3 heterocycles. The smallest absolute Gasteiger partial charge is 0.257 e. The van der Waals surface area contributed by atoms with Crippen LogP contribution in [-0.2, 0) is 9.53 Å². The van der Waals surface area contributed by atoms with Crippen LogP contribution in [0.2, 0.25) is 0 Å². The van der Waals surface area contributed by atoms with Gasteiger partial charge in [-0.3, -0.25) is 9.69 Å². The van der Waals surface area contributed by atoms with Gasteiger partial charge in [0.05, 0.1) is 31.5 Å². The molecule has 0 radical (unpaired) electrons. The fourth-order valence-corrected chi connectivity index (χ4v) is 4.04. The number of aromatic hydroxyl groups is 1. The molecule has 2 aliphatic rings. The molecule has 26 heavy (non-hydrogen) atoms. The number of amides is 1. The van der Waals surface area contributed by atoms with E-state index in [1.165, 1.54) is 0 Å². The van der Waals surface area contributed by atoms with Gasteiger partial charge >= 0.3 is 0 Å². The molecule has 0 saturated carbocycles. The molecule has 2 aliphatic heterocycles. The summed E-state index contributed by atoms with van der Waals surface area (Å²) in [6.07, 6.45) is 0.600. The average Bonchev–Trinajstić information content (AvgIpc) is 3.33. The largest absolute Gasteiger partial charge is 0.508 e. The summed E-state index contributed by atoms with van der Waals surface area (Å²) in [6.45, 7) is 3.12. The third kappa shape index (κ3) is 3.51. The highest BCUT2D eigenvalue weighted by Crippen LogP contribution is 2.37. The first-order chi connectivity index (χ1) is 12.7. The Morgan fingerprint density at radius 1 is 1.27 bits per heavy atom. The van der Waals surface area contributed by atoms with E-state index in [2.05, 4.69) is 10.0 Å². The van der Waals surface area contributed by atoms with Crippen molar-refractivity contribution in [3.05, 3.63) is 52.2 Å². The minimum Gasteiger partial charge on any atom is -0.508 e. The number of rotatable bonds is 4. The van der Waals surface area contributed by atoms with E-state index >= 15 is 0 Å². The number of phenols is 1. The maximum absolute atomic E-state index is 13.0. The summed E-state index contributed by atoms with van der Waals surface area (Å²) >= 11 is 1.61. The number of thiophene rings is 1. The number of carbonyl (C=O) groups is 1. The Kier molecular flexibility index (Phi) is 5.01. The maximum Gasteiger partial charge on any atom is 0.257 e. The highest BCUT2D eigenvalue weighted by molar-refractivity contribution is 7.08. The Labute approximate surface area is 156 Å². The Hall–Kier alpha value is -2.22. The van der Waals surface area contributed by atoms with E-state index in [-0.39, 0.29) is 17.7 Å². The predicted molar refractivity (Wildman–Crippen MR) is 100 cm³/mol. The van der Waals surface area contributed by atoms with E-state index in [0.29, 0.717) is 26.2 Å². The lowest BCUT2D eigenvalue weighted by molar-refractivity contribution is -0.135. The Balaban J connectivity index is 1.60. The second-order valence-corrected chi connectivity index (χ2v) is 7.24. The van der Waals surface area contributed by atoms with Gasteiger partial charge in [0, 0.05) is 30.6 Å². The zero-order chi connectivity index (χ0) is 17.9. The van der Waals surface area contributed by atoms with Gasteiger partial charge in [-0.05, 0) is 22.9 Å². The summed E-state index contributed by atoms with van der Waals surface area (Å²) in [7, 11) is 0. The lowest BCUT2D eigenvalue weighted by Crippen LogP contribution is -2.43. The van der Waals surface area contributed by atoms with E-state index in [4.69, 9.17) is 4.74 Å². The standard InChI is InChI=1S/C19H21N3O3S/c23-18-4-2-1-3-15(18)17-11-16(14-5-10-26-13-14)20-22(17)19(24)12-21-6-8-25-9-7-21/h1-5,10,13,17,23H,6-9,11-12H2. The van der Waals surface area contributed by atoms with Crippen LogP contribution in [-0.4, -0.2) is 59.5 Å². The third-order valence-electron chi connectivity index (χ3n) is 4.78. The van der Waals surface area contributed by atoms with E-state index in [9.17, 15) is 9.90 Å². The molecule has 1 saturated heterocycles. The highest BCUT2D eigenvalue weighted by Gasteiger charge is 2.35. The van der Waals surface area contributed by atoms with Gasteiger partial charge in [-0.1, -0.05) is 18.2 Å². The van der Waals surface area contributed by atoms with E-state index < -0.39 is 0 Å². The molecule has 1 atom stereocenters. The number of morpholine rings is 1. The summed E-state index contributed by atoms with van der Waals surface area (Å²) in [4.78, 5) is 15.1. The van der Waals surface area contributed by atoms with Gasteiger partial charge in [0.1, 0.15) is 5.75 Å². The van der Waals surface area contributed by atoms with Crippen molar-refractivity contribution >= 4 is 23.0 Å². The maximum atomic E-state index is 13.0. The van der Waals surface area contributed by atoms with Crippen molar-refractivity contribution in [2.45, 2.75) is 12.5 Å². The normalized spacial score (nSPS) is 21.0. The zero-order valence-corrected chi connectivity index (χ0v) is 15.2. The van der Waals surface area contributed by atoms with Crippen LogP contribution in [0.15, 0.2) is 46.2 Å². The lowest BCUT2D eigenvalue weighted by Gasteiger charge is -2.29. The summed E-state index contributed by atoms with van der Waals surface area (Å²) < 4.78 is 5.35. The van der Waals surface area contributed by atoms with Crippen molar-refractivity contribution in [1.29, 1.82) is 0 Å². The van der Waals surface area contributed by atoms with E-state index in [1.807, 2.05) is 29.0 Å². The molecular weight excluding hydrogens is 350 g/mol. The van der Waals surface area contributed by atoms with Crippen LogP contribution in [0, 0.1) is 0 Å². The average molecular weight is 371 g/mol. The number of carbonyl (C=O) groups excluding carboxylic acids is 1. The Morgan fingerprint density at radius 3 is 2.81 bits per heavy atom. The van der Waals surface area contributed by atoms with Gasteiger partial charge in [0.25, 0.3) is 5.91 Å². The molecule has 4 rings (SSSR count). The molecule has 1 unspecified atom stereocenters. The molecule has 1 fully saturated rings. The molecule has 6 nitrogen and oxygen atoms in total. The molecule has 1 aromatic carbocycles. The fraction of sp³-hybridized carbons (Fsp3) is 0.368. The number of phenolic OH excluding ortho intramolecular Hbond substituents is 1. The fourth-order valence-electron chi connectivity index (χ4n) is 3.38. The summed E-state index contributed by atoms with van der Waals surface area (Å²) in [6, 6.07) is 8.92. The van der Waals surface area contributed by atoms with Gasteiger partial charge in [0.15, 0.2) is 0 Å². The highest BCUT2D eigenvalue weighted by atomic mass is 32.1. The monoisotopic (exact) mass is 371 g/mol. The lowest BCUT2D eigenvalue weighted by atomic mass is 9.99. The predicted octanol–water partition coefficient (Wildman–Crippen LogP) is 2.46. The van der Waals surface area contributed by atoms with Crippen LogP contribution in [0.4, 0.5) is 0 Å². The molecule has 2 aromatic rings. The van der Waals surface area contributed by atoms with Crippen molar-refractivity contribution in [3.8, 4) is 5.75 Å². The Morgan fingerprint density at radius 2 is 2.08 bits per heavy atom. The minimum atomic E-state index is -0.278. The zero-order valence-electron chi connectivity index (χ0n) is 14.4.